The van der Waals surface area contributed by atoms with Crippen LogP contribution < -0.4 is 0 Å². The van der Waals surface area contributed by atoms with Crippen LogP contribution in [0.4, 0.5) is 0 Å². The molecule has 28 heavy (non-hydrogen) atoms. The van der Waals surface area contributed by atoms with E-state index in [-0.39, 0.29) is 0 Å². The molecule has 1 saturated carbocycles. The SMILES string of the molecule is O=C(CCC1CCCC1)N1CCN(Cc2csc(-c3ccc(Cl)cc3)n2)CC1. The molecule has 0 radical (unpaired) electrons. The monoisotopic (exact) mass is 417 g/mol. The second-order valence-electron chi connectivity index (χ2n) is 8.00. The first-order valence-electron chi connectivity index (χ1n) is 10.4. The van der Waals surface area contributed by atoms with Crippen molar-refractivity contribution in [2.45, 2.75) is 45.1 Å². The molecule has 1 aromatic carbocycles. The number of rotatable bonds is 6. The van der Waals surface area contributed by atoms with Crippen molar-refractivity contribution in [3.63, 3.8) is 0 Å². The average molecular weight is 418 g/mol. The summed E-state index contributed by atoms with van der Waals surface area (Å²) in [5.41, 5.74) is 2.22. The van der Waals surface area contributed by atoms with Crippen LogP contribution in [-0.2, 0) is 11.3 Å². The normalized spacial score (nSPS) is 18.7. The van der Waals surface area contributed by atoms with Gasteiger partial charge < -0.3 is 4.90 Å². The molecule has 150 valence electrons. The maximum atomic E-state index is 12.5. The molecule has 1 aliphatic heterocycles. The van der Waals surface area contributed by atoms with E-state index in [1.54, 1.807) is 11.3 Å². The summed E-state index contributed by atoms with van der Waals surface area (Å²) in [5.74, 6) is 1.15. The molecule has 0 bridgehead atoms. The Balaban J connectivity index is 1.23. The molecule has 2 heterocycles. The molecule has 1 aliphatic carbocycles. The Hall–Kier alpha value is -1.43. The molecule has 1 aromatic heterocycles. The largest absolute Gasteiger partial charge is 0.340 e. The van der Waals surface area contributed by atoms with Gasteiger partial charge in [-0.2, -0.15) is 0 Å². The second-order valence-corrected chi connectivity index (χ2v) is 9.29. The van der Waals surface area contributed by atoms with Gasteiger partial charge in [-0.05, 0) is 24.5 Å². The van der Waals surface area contributed by atoms with Gasteiger partial charge >= 0.3 is 0 Å². The first kappa shape index (κ1) is 19.9. The minimum absolute atomic E-state index is 0.352. The Bertz CT molecular complexity index is 777. The lowest BCUT2D eigenvalue weighted by atomic mass is 10.0. The van der Waals surface area contributed by atoms with Crippen LogP contribution in [0.3, 0.4) is 0 Å². The van der Waals surface area contributed by atoms with E-state index < -0.39 is 0 Å². The Kier molecular flexibility index (Phi) is 6.65. The maximum Gasteiger partial charge on any atom is 0.222 e. The number of carbonyl (C=O) groups is 1. The fourth-order valence-electron chi connectivity index (χ4n) is 4.27. The van der Waals surface area contributed by atoms with Crippen molar-refractivity contribution in [3.05, 3.63) is 40.4 Å². The van der Waals surface area contributed by atoms with Crippen molar-refractivity contribution < 1.29 is 4.79 Å². The first-order chi connectivity index (χ1) is 13.7. The summed E-state index contributed by atoms with van der Waals surface area (Å²) in [6.07, 6.45) is 7.19. The number of amides is 1. The maximum absolute atomic E-state index is 12.5. The lowest BCUT2D eigenvalue weighted by Gasteiger charge is -2.34. The van der Waals surface area contributed by atoms with Gasteiger partial charge in [0.05, 0.1) is 5.69 Å². The summed E-state index contributed by atoms with van der Waals surface area (Å²) in [6, 6.07) is 7.84. The van der Waals surface area contributed by atoms with Crippen molar-refractivity contribution >= 4 is 28.8 Å². The molecule has 0 atom stereocenters. The molecule has 2 fully saturated rings. The predicted octanol–water partition coefficient (Wildman–Crippen LogP) is 5.08. The highest BCUT2D eigenvalue weighted by molar-refractivity contribution is 7.13. The van der Waals surface area contributed by atoms with Crippen molar-refractivity contribution in [3.8, 4) is 10.6 Å². The van der Waals surface area contributed by atoms with Gasteiger partial charge in [0.25, 0.3) is 0 Å². The van der Waals surface area contributed by atoms with E-state index in [4.69, 9.17) is 16.6 Å². The summed E-state index contributed by atoms with van der Waals surface area (Å²) in [4.78, 5) is 21.7. The average Bonchev–Trinajstić information content (AvgIpc) is 3.39. The molecule has 1 amide bonds. The van der Waals surface area contributed by atoms with E-state index in [0.29, 0.717) is 5.91 Å². The van der Waals surface area contributed by atoms with Gasteiger partial charge in [-0.1, -0.05) is 49.4 Å². The van der Waals surface area contributed by atoms with E-state index in [1.807, 2.05) is 24.3 Å². The molecule has 4 rings (SSSR count). The van der Waals surface area contributed by atoms with Gasteiger partial charge in [-0.3, -0.25) is 9.69 Å². The molecule has 0 unspecified atom stereocenters. The van der Waals surface area contributed by atoms with Crippen molar-refractivity contribution in [2.24, 2.45) is 5.92 Å². The Morgan fingerprint density at radius 3 is 2.54 bits per heavy atom. The fourth-order valence-corrected chi connectivity index (χ4v) is 5.22. The van der Waals surface area contributed by atoms with Gasteiger partial charge in [0.2, 0.25) is 5.91 Å². The zero-order valence-corrected chi connectivity index (χ0v) is 17.9. The Morgan fingerprint density at radius 1 is 1.11 bits per heavy atom. The van der Waals surface area contributed by atoms with Gasteiger partial charge in [0.15, 0.2) is 0 Å². The molecule has 4 nitrogen and oxygen atoms in total. The molecular formula is C22H28ClN3OS. The van der Waals surface area contributed by atoms with Crippen molar-refractivity contribution in [2.75, 3.05) is 26.2 Å². The highest BCUT2D eigenvalue weighted by atomic mass is 35.5. The van der Waals surface area contributed by atoms with E-state index in [1.165, 1.54) is 25.7 Å². The lowest BCUT2D eigenvalue weighted by Crippen LogP contribution is -2.48. The number of nitrogens with zero attached hydrogens (tertiary/aromatic N) is 3. The summed E-state index contributed by atoms with van der Waals surface area (Å²) in [6.45, 7) is 4.41. The molecule has 2 aliphatic rings. The van der Waals surface area contributed by atoms with Gasteiger partial charge in [0.1, 0.15) is 5.01 Å². The minimum atomic E-state index is 0.352. The third kappa shape index (κ3) is 5.13. The Labute approximate surface area is 176 Å². The molecule has 6 heteroatoms. The quantitative estimate of drug-likeness (QED) is 0.657. The van der Waals surface area contributed by atoms with Crippen LogP contribution in [0.2, 0.25) is 5.02 Å². The minimum Gasteiger partial charge on any atom is -0.340 e. The van der Waals surface area contributed by atoms with Crippen LogP contribution in [0.25, 0.3) is 10.6 Å². The number of carbonyl (C=O) groups excluding carboxylic acids is 1. The van der Waals surface area contributed by atoms with Crippen molar-refractivity contribution in [1.82, 2.24) is 14.8 Å². The summed E-state index contributed by atoms with van der Waals surface area (Å²) in [5, 5.41) is 3.92. The number of halogens is 1. The van der Waals surface area contributed by atoms with Gasteiger partial charge in [-0.25, -0.2) is 4.98 Å². The number of hydrogen-bond acceptors (Lipinski definition) is 4. The van der Waals surface area contributed by atoms with Gasteiger partial charge in [-0.15, -0.1) is 11.3 Å². The van der Waals surface area contributed by atoms with Crippen LogP contribution in [0.5, 0.6) is 0 Å². The molecule has 1 saturated heterocycles. The molecule has 2 aromatic rings. The van der Waals surface area contributed by atoms with Crippen molar-refractivity contribution in [1.29, 1.82) is 0 Å². The summed E-state index contributed by atoms with van der Waals surface area (Å²) in [7, 11) is 0. The predicted molar refractivity (Wildman–Crippen MR) is 116 cm³/mol. The lowest BCUT2D eigenvalue weighted by molar-refractivity contribution is -0.133. The second kappa shape index (κ2) is 9.38. The van der Waals surface area contributed by atoms with Crippen LogP contribution in [0, 0.1) is 5.92 Å². The highest BCUT2D eigenvalue weighted by Gasteiger charge is 2.23. The summed E-state index contributed by atoms with van der Waals surface area (Å²) >= 11 is 7.64. The fraction of sp³-hybridized carbons (Fsp3) is 0.545. The number of aromatic nitrogens is 1. The van der Waals surface area contributed by atoms with E-state index in [9.17, 15) is 4.79 Å². The van der Waals surface area contributed by atoms with Crippen LogP contribution >= 0.6 is 22.9 Å². The number of benzene rings is 1. The zero-order valence-electron chi connectivity index (χ0n) is 16.3. The van der Waals surface area contributed by atoms with Crippen LogP contribution in [-0.4, -0.2) is 46.9 Å². The van der Waals surface area contributed by atoms with E-state index in [0.717, 1.165) is 72.8 Å². The van der Waals surface area contributed by atoms with Crippen LogP contribution in [0.15, 0.2) is 29.6 Å². The third-order valence-electron chi connectivity index (χ3n) is 5.99. The number of piperazine rings is 1. The van der Waals surface area contributed by atoms with Gasteiger partial charge in [0, 0.05) is 55.1 Å². The number of hydrogen-bond donors (Lipinski definition) is 0. The molecule has 0 N–H and O–H groups in total. The van der Waals surface area contributed by atoms with Crippen LogP contribution in [0.1, 0.15) is 44.2 Å². The molecular weight excluding hydrogens is 390 g/mol. The molecule has 0 spiro atoms. The number of thiazole rings is 1. The smallest absolute Gasteiger partial charge is 0.222 e. The topological polar surface area (TPSA) is 36.4 Å². The zero-order chi connectivity index (χ0) is 19.3. The highest BCUT2D eigenvalue weighted by Crippen LogP contribution is 2.29. The first-order valence-corrected chi connectivity index (χ1v) is 11.6. The summed E-state index contributed by atoms with van der Waals surface area (Å²) < 4.78 is 0. The third-order valence-corrected chi connectivity index (χ3v) is 7.19. The van der Waals surface area contributed by atoms with E-state index in [2.05, 4.69) is 15.2 Å². The standard InChI is InChI=1S/C22H28ClN3OS/c23-19-8-6-18(7-9-19)22-24-20(16-28-22)15-25-11-13-26(14-12-25)21(27)10-5-17-3-1-2-4-17/h6-9,16-17H,1-5,10-15H2. The Morgan fingerprint density at radius 2 is 1.82 bits per heavy atom. The van der Waals surface area contributed by atoms with E-state index >= 15 is 0 Å².